The second-order valence-electron chi connectivity index (χ2n) is 5.43. The molecule has 0 saturated heterocycles. The quantitative estimate of drug-likeness (QED) is 0.887. The third-order valence-electron chi connectivity index (χ3n) is 3.97. The van der Waals surface area contributed by atoms with E-state index in [1.807, 2.05) is 0 Å². The van der Waals surface area contributed by atoms with E-state index in [4.69, 9.17) is 0 Å². The molecule has 19 heavy (non-hydrogen) atoms. The van der Waals surface area contributed by atoms with Gasteiger partial charge in [-0.2, -0.15) is 0 Å². The van der Waals surface area contributed by atoms with Gasteiger partial charge >= 0.3 is 0 Å². The van der Waals surface area contributed by atoms with Crippen LogP contribution in [0.25, 0.3) is 0 Å². The van der Waals surface area contributed by atoms with Gasteiger partial charge in [0.25, 0.3) is 0 Å². The minimum atomic E-state index is -0.811. The molecule has 0 bridgehead atoms. The zero-order chi connectivity index (χ0) is 13.8. The van der Waals surface area contributed by atoms with Crippen LogP contribution in [0.5, 0.6) is 0 Å². The number of benzene rings is 1. The van der Waals surface area contributed by atoms with Crippen LogP contribution < -0.4 is 0 Å². The summed E-state index contributed by atoms with van der Waals surface area (Å²) in [5.41, 5.74) is 0.317. The van der Waals surface area contributed by atoms with E-state index in [-0.39, 0.29) is 0 Å². The summed E-state index contributed by atoms with van der Waals surface area (Å²) in [6, 6.07) is 3.81. The molecule has 0 spiro atoms. The molecule has 1 fully saturated rings. The number of nitrogens with zero attached hydrogens (tertiary/aromatic N) is 1. The minimum Gasteiger partial charge on any atom is -0.388 e. The maximum absolute atomic E-state index is 13.1. The molecule has 1 unspecified atom stereocenters. The van der Waals surface area contributed by atoms with Gasteiger partial charge in [0.15, 0.2) is 0 Å². The van der Waals surface area contributed by atoms with E-state index in [0.717, 1.165) is 12.6 Å². The van der Waals surface area contributed by atoms with E-state index in [1.165, 1.54) is 37.8 Å². The van der Waals surface area contributed by atoms with Crippen LogP contribution in [0.4, 0.5) is 8.78 Å². The first kappa shape index (κ1) is 14.4. The second-order valence-corrected chi connectivity index (χ2v) is 5.43. The van der Waals surface area contributed by atoms with Crippen LogP contribution in [-0.4, -0.2) is 29.6 Å². The number of aliphatic hydroxyl groups is 1. The molecule has 1 atom stereocenters. The molecule has 1 aliphatic carbocycles. The maximum Gasteiger partial charge on any atom is 0.126 e. The molecular weight excluding hydrogens is 248 g/mol. The molecule has 0 aromatic heterocycles. The summed E-state index contributed by atoms with van der Waals surface area (Å²) in [5, 5.41) is 10.0. The molecule has 1 aromatic rings. The van der Waals surface area contributed by atoms with Gasteiger partial charge in [0.1, 0.15) is 11.6 Å². The molecule has 1 aromatic carbocycles. The van der Waals surface area contributed by atoms with Crippen LogP contribution in [0.3, 0.4) is 0 Å². The second kappa shape index (κ2) is 6.44. The maximum atomic E-state index is 13.1. The van der Waals surface area contributed by atoms with Gasteiger partial charge in [-0.3, -0.25) is 0 Å². The van der Waals surface area contributed by atoms with Gasteiger partial charge in [-0.1, -0.05) is 12.8 Å². The van der Waals surface area contributed by atoms with Crippen molar-refractivity contribution in [3.8, 4) is 0 Å². The van der Waals surface area contributed by atoms with Crippen molar-refractivity contribution in [2.24, 2.45) is 0 Å². The summed E-state index contributed by atoms with van der Waals surface area (Å²) in [4.78, 5) is 2.24. The highest BCUT2D eigenvalue weighted by Crippen LogP contribution is 2.24. The third-order valence-corrected chi connectivity index (χ3v) is 3.97. The van der Waals surface area contributed by atoms with E-state index in [1.54, 1.807) is 0 Å². The Morgan fingerprint density at radius 3 is 2.37 bits per heavy atom. The zero-order valence-electron chi connectivity index (χ0n) is 11.3. The molecule has 106 valence electrons. The molecule has 0 heterocycles. The predicted octanol–water partition coefficient (Wildman–Crippen LogP) is 3.26. The Hall–Kier alpha value is -1.00. The van der Waals surface area contributed by atoms with Gasteiger partial charge in [-0.05, 0) is 44.0 Å². The van der Waals surface area contributed by atoms with Gasteiger partial charge in [-0.25, -0.2) is 8.78 Å². The first-order valence-corrected chi connectivity index (χ1v) is 6.90. The van der Waals surface area contributed by atoms with Crippen LogP contribution in [-0.2, 0) is 0 Å². The Balaban J connectivity index is 1.87. The summed E-state index contributed by atoms with van der Waals surface area (Å²) in [6.07, 6.45) is 4.64. The van der Waals surface area contributed by atoms with E-state index >= 15 is 0 Å². The van der Waals surface area contributed by atoms with Crippen LogP contribution in [0, 0.1) is 11.6 Å². The van der Waals surface area contributed by atoms with Crippen molar-refractivity contribution in [3.05, 3.63) is 35.4 Å². The van der Waals surface area contributed by atoms with Crippen LogP contribution in [0.2, 0.25) is 0 Å². The molecule has 0 radical (unpaired) electrons. The Labute approximate surface area is 113 Å². The molecule has 2 rings (SSSR count). The van der Waals surface area contributed by atoms with Crippen molar-refractivity contribution in [3.63, 3.8) is 0 Å². The molecule has 4 heteroatoms. The lowest BCUT2D eigenvalue weighted by atomic mass is 10.1. The molecule has 0 aliphatic heterocycles. The zero-order valence-corrected chi connectivity index (χ0v) is 11.3. The van der Waals surface area contributed by atoms with Gasteiger partial charge in [0, 0.05) is 18.7 Å². The van der Waals surface area contributed by atoms with Crippen molar-refractivity contribution >= 4 is 0 Å². The first-order valence-electron chi connectivity index (χ1n) is 6.90. The highest BCUT2D eigenvalue weighted by molar-refractivity contribution is 5.20. The first-order chi connectivity index (χ1) is 9.06. The summed E-state index contributed by atoms with van der Waals surface area (Å²) in [6.45, 7) is 0.740. The van der Waals surface area contributed by atoms with Crippen LogP contribution >= 0.6 is 0 Å². The fraction of sp³-hybridized carbons (Fsp3) is 0.600. The summed E-state index contributed by atoms with van der Waals surface area (Å²) in [5.74, 6) is -1.28. The molecule has 1 saturated carbocycles. The Morgan fingerprint density at radius 2 is 1.79 bits per heavy atom. The number of aliphatic hydroxyl groups excluding tert-OH is 1. The van der Waals surface area contributed by atoms with Gasteiger partial charge in [-0.15, -0.1) is 0 Å². The fourth-order valence-electron chi connectivity index (χ4n) is 2.79. The largest absolute Gasteiger partial charge is 0.388 e. The molecule has 0 amide bonds. The van der Waals surface area contributed by atoms with E-state index in [9.17, 15) is 13.9 Å². The fourth-order valence-corrected chi connectivity index (χ4v) is 2.79. The predicted molar refractivity (Wildman–Crippen MR) is 70.8 cm³/mol. The Bertz CT molecular complexity index is 398. The molecule has 1 N–H and O–H groups in total. The highest BCUT2D eigenvalue weighted by Gasteiger charge is 2.20. The van der Waals surface area contributed by atoms with Gasteiger partial charge < -0.3 is 10.0 Å². The highest BCUT2D eigenvalue weighted by atomic mass is 19.1. The smallest absolute Gasteiger partial charge is 0.126 e. The van der Waals surface area contributed by atoms with Crippen molar-refractivity contribution in [1.82, 2.24) is 4.90 Å². The van der Waals surface area contributed by atoms with Crippen LogP contribution in [0.15, 0.2) is 18.2 Å². The van der Waals surface area contributed by atoms with Crippen molar-refractivity contribution in [1.29, 1.82) is 0 Å². The number of halogens is 2. The number of hydrogen-bond acceptors (Lipinski definition) is 2. The van der Waals surface area contributed by atoms with E-state index in [0.29, 0.717) is 18.0 Å². The molecule has 2 nitrogen and oxygen atoms in total. The summed E-state index contributed by atoms with van der Waals surface area (Å²) < 4.78 is 26.1. The van der Waals surface area contributed by atoms with Gasteiger partial charge in [0.2, 0.25) is 0 Å². The molecular formula is C15H21F2NO. The van der Waals surface area contributed by atoms with Crippen LogP contribution in [0.1, 0.15) is 43.8 Å². The Kier molecular flexibility index (Phi) is 4.88. The van der Waals surface area contributed by atoms with E-state index in [2.05, 4.69) is 11.9 Å². The lowest BCUT2D eigenvalue weighted by Crippen LogP contribution is -2.30. The number of hydrogen-bond donors (Lipinski definition) is 1. The average Bonchev–Trinajstić information content (AvgIpc) is 2.88. The topological polar surface area (TPSA) is 23.5 Å². The van der Waals surface area contributed by atoms with Crippen molar-refractivity contribution in [2.45, 2.75) is 44.2 Å². The third kappa shape index (κ3) is 3.98. The SMILES string of the molecule is CN(CCC(O)c1cc(F)cc(F)c1)C1CCCC1. The normalized spacial score (nSPS) is 18.2. The lowest BCUT2D eigenvalue weighted by Gasteiger charge is -2.25. The average molecular weight is 269 g/mol. The summed E-state index contributed by atoms with van der Waals surface area (Å²) in [7, 11) is 2.05. The van der Waals surface area contributed by atoms with Gasteiger partial charge in [0.05, 0.1) is 6.10 Å². The monoisotopic (exact) mass is 269 g/mol. The van der Waals surface area contributed by atoms with Crippen molar-refractivity contribution < 1.29 is 13.9 Å². The Morgan fingerprint density at radius 1 is 1.21 bits per heavy atom. The minimum absolute atomic E-state index is 0.317. The summed E-state index contributed by atoms with van der Waals surface area (Å²) >= 11 is 0. The number of rotatable bonds is 5. The van der Waals surface area contributed by atoms with Crippen molar-refractivity contribution in [2.75, 3.05) is 13.6 Å². The molecule has 1 aliphatic rings. The standard InChI is InChI=1S/C15H21F2NO/c1-18(14-4-2-3-5-14)7-6-15(19)11-8-12(16)10-13(17)9-11/h8-10,14-15,19H,2-7H2,1H3. The lowest BCUT2D eigenvalue weighted by molar-refractivity contribution is 0.136. The van der Waals surface area contributed by atoms with E-state index < -0.39 is 17.7 Å².